The molecule has 3 heteroatoms. The molecule has 0 amide bonds. The Kier molecular flexibility index (Phi) is 2.95. The molecule has 1 fully saturated rings. The molecule has 0 aliphatic carbocycles. The van der Waals surface area contributed by atoms with Gasteiger partial charge in [-0.1, -0.05) is 30.3 Å². The van der Waals surface area contributed by atoms with Gasteiger partial charge in [-0.2, -0.15) is 0 Å². The summed E-state index contributed by atoms with van der Waals surface area (Å²) < 4.78 is 10.7. The average molecular weight is 218 g/mol. The Bertz CT molecular complexity index is 408. The molecule has 0 N–H and O–H groups in total. The molecule has 2 unspecified atom stereocenters. The van der Waals surface area contributed by atoms with Crippen LogP contribution >= 0.6 is 0 Å². The first-order chi connectivity index (χ1) is 7.66. The zero-order valence-electron chi connectivity index (χ0n) is 9.34. The molecule has 1 aromatic rings. The molecule has 0 bridgehead atoms. The van der Waals surface area contributed by atoms with Crippen LogP contribution in [0.3, 0.4) is 0 Å². The Morgan fingerprint density at radius 1 is 1.06 bits per heavy atom. The van der Waals surface area contributed by atoms with Crippen molar-refractivity contribution in [2.45, 2.75) is 26.1 Å². The molecule has 3 nitrogen and oxygen atoms in total. The van der Waals surface area contributed by atoms with E-state index in [4.69, 9.17) is 9.47 Å². The van der Waals surface area contributed by atoms with Crippen molar-refractivity contribution in [1.29, 1.82) is 0 Å². The molecular formula is C13H14O3. The van der Waals surface area contributed by atoms with Gasteiger partial charge in [0, 0.05) is 0 Å². The molecule has 1 aliphatic rings. The first-order valence-corrected chi connectivity index (χ1v) is 5.31. The molecule has 0 saturated carbocycles. The monoisotopic (exact) mass is 218 g/mol. The van der Waals surface area contributed by atoms with Crippen molar-refractivity contribution in [3.8, 4) is 0 Å². The van der Waals surface area contributed by atoms with E-state index in [1.165, 1.54) is 0 Å². The molecule has 2 rings (SSSR count). The van der Waals surface area contributed by atoms with Crippen molar-refractivity contribution < 1.29 is 14.3 Å². The van der Waals surface area contributed by atoms with E-state index in [1.807, 2.05) is 44.2 Å². The van der Waals surface area contributed by atoms with E-state index in [-0.39, 0.29) is 18.0 Å². The van der Waals surface area contributed by atoms with E-state index in [0.29, 0.717) is 0 Å². The summed E-state index contributed by atoms with van der Waals surface area (Å²) in [5, 5.41) is 0. The molecule has 1 saturated heterocycles. The molecule has 16 heavy (non-hydrogen) atoms. The third kappa shape index (κ3) is 2.24. The Balaban J connectivity index is 2.21. The molecule has 0 aromatic heterocycles. The minimum Gasteiger partial charge on any atom is -0.480 e. The van der Waals surface area contributed by atoms with Crippen molar-refractivity contribution in [1.82, 2.24) is 0 Å². The van der Waals surface area contributed by atoms with Crippen LogP contribution in [0.15, 0.2) is 36.1 Å². The Hall–Kier alpha value is -1.77. The van der Waals surface area contributed by atoms with Crippen molar-refractivity contribution in [3.05, 3.63) is 41.7 Å². The van der Waals surface area contributed by atoms with E-state index in [0.717, 1.165) is 5.56 Å². The quantitative estimate of drug-likeness (QED) is 0.536. The van der Waals surface area contributed by atoms with E-state index < -0.39 is 5.97 Å². The van der Waals surface area contributed by atoms with E-state index in [2.05, 4.69) is 0 Å². The third-order valence-electron chi connectivity index (χ3n) is 2.57. The number of hydrogen-bond donors (Lipinski definition) is 0. The van der Waals surface area contributed by atoms with Gasteiger partial charge in [-0.25, -0.2) is 4.79 Å². The first kappa shape index (κ1) is 10.7. The second-order valence-corrected chi connectivity index (χ2v) is 3.85. The molecule has 0 radical (unpaired) electrons. The zero-order valence-corrected chi connectivity index (χ0v) is 9.34. The van der Waals surface area contributed by atoms with Crippen LogP contribution in [-0.2, 0) is 14.3 Å². The number of benzene rings is 1. The number of hydrogen-bond acceptors (Lipinski definition) is 3. The van der Waals surface area contributed by atoms with Crippen LogP contribution in [0, 0.1) is 0 Å². The maximum absolute atomic E-state index is 11.5. The molecule has 1 aliphatic heterocycles. The van der Waals surface area contributed by atoms with Gasteiger partial charge >= 0.3 is 5.97 Å². The van der Waals surface area contributed by atoms with E-state index in [1.54, 1.807) is 6.08 Å². The number of rotatable bonds is 1. The van der Waals surface area contributed by atoms with Gasteiger partial charge in [0.25, 0.3) is 0 Å². The van der Waals surface area contributed by atoms with Gasteiger partial charge in [0.15, 0.2) is 0 Å². The summed E-state index contributed by atoms with van der Waals surface area (Å²) in [6.45, 7) is 3.71. The van der Waals surface area contributed by atoms with Crippen molar-refractivity contribution in [2.75, 3.05) is 0 Å². The van der Waals surface area contributed by atoms with Gasteiger partial charge in [0.05, 0.1) is 0 Å². The fourth-order valence-electron chi connectivity index (χ4n) is 1.46. The molecule has 0 spiro atoms. The molecular weight excluding hydrogens is 204 g/mol. The maximum Gasteiger partial charge on any atom is 0.374 e. The van der Waals surface area contributed by atoms with E-state index in [9.17, 15) is 4.79 Å². The molecule has 2 atom stereocenters. The lowest BCUT2D eigenvalue weighted by Crippen LogP contribution is -2.36. The van der Waals surface area contributed by atoms with Gasteiger partial charge in [0.2, 0.25) is 5.76 Å². The predicted octanol–water partition coefficient (Wildman–Crippen LogP) is 2.38. The van der Waals surface area contributed by atoms with Crippen LogP contribution in [0.4, 0.5) is 0 Å². The Morgan fingerprint density at radius 2 is 1.69 bits per heavy atom. The fourth-order valence-corrected chi connectivity index (χ4v) is 1.46. The number of carbonyl (C=O) groups excluding carboxylic acids is 1. The summed E-state index contributed by atoms with van der Waals surface area (Å²) >= 11 is 0. The predicted molar refractivity (Wildman–Crippen MR) is 60.5 cm³/mol. The van der Waals surface area contributed by atoms with Gasteiger partial charge in [-0.3, -0.25) is 0 Å². The van der Waals surface area contributed by atoms with Crippen molar-refractivity contribution in [2.24, 2.45) is 0 Å². The lowest BCUT2D eigenvalue weighted by atomic mass is 10.2. The van der Waals surface area contributed by atoms with E-state index >= 15 is 0 Å². The highest BCUT2D eigenvalue weighted by atomic mass is 16.6. The number of ether oxygens (including phenoxy) is 2. The van der Waals surface area contributed by atoms with Crippen molar-refractivity contribution >= 4 is 12.0 Å². The normalized spacial score (nSPS) is 27.4. The smallest absolute Gasteiger partial charge is 0.374 e. The van der Waals surface area contributed by atoms with Crippen LogP contribution < -0.4 is 0 Å². The van der Waals surface area contributed by atoms with Gasteiger partial charge in [0.1, 0.15) is 12.2 Å². The second-order valence-electron chi connectivity index (χ2n) is 3.85. The number of carbonyl (C=O) groups is 1. The molecule has 1 aromatic carbocycles. The molecule has 1 heterocycles. The summed E-state index contributed by atoms with van der Waals surface area (Å²) in [5.74, 6) is -0.119. The lowest BCUT2D eigenvalue weighted by Gasteiger charge is -2.28. The Morgan fingerprint density at radius 3 is 2.38 bits per heavy atom. The van der Waals surface area contributed by atoms with Gasteiger partial charge in [-0.15, -0.1) is 0 Å². The van der Waals surface area contributed by atoms with Crippen molar-refractivity contribution in [3.63, 3.8) is 0 Å². The van der Waals surface area contributed by atoms with Crippen LogP contribution in [0.2, 0.25) is 0 Å². The zero-order chi connectivity index (χ0) is 11.5. The highest BCUT2D eigenvalue weighted by Crippen LogP contribution is 2.20. The Labute approximate surface area is 94.7 Å². The molecule has 84 valence electrons. The minimum absolute atomic E-state index is 0.104. The highest BCUT2D eigenvalue weighted by Gasteiger charge is 2.29. The standard InChI is InChI=1S/C13H14O3/c1-9-10(2)16-13(14)12(15-9)8-11-6-4-3-5-7-11/h3-10H,1-2H3/b12-8-. The minimum atomic E-state index is -0.394. The largest absolute Gasteiger partial charge is 0.480 e. The van der Waals surface area contributed by atoms with Crippen LogP contribution in [0.5, 0.6) is 0 Å². The first-order valence-electron chi connectivity index (χ1n) is 5.31. The SMILES string of the molecule is CC1OC(=O)/C(=C/c2ccccc2)OC1C. The van der Waals surface area contributed by atoms with Crippen LogP contribution in [0.25, 0.3) is 6.08 Å². The van der Waals surface area contributed by atoms with Gasteiger partial charge in [-0.05, 0) is 25.5 Å². The lowest BCUT2D eigenvalue weighted by molar-refractivity contribution is -0.165. The summed E-state index contributed by atoms with van der Waals surface area (Å²) in [5.41, 5.74) is 0.927. The van der Waals surface area contributed by atoms with Crippen LogP contribution in [-0.4, -0.2) is 18.2 Å². The number of cyclic esters (lactones) is 1. The number of esters is 1. The third-order valence-corrected chi connectivity index (χ3v) is 2.57. The maximum atomic E-state index is 11.5. The van der Waals surface area contributed by atoms with Crippen LogP contribution in [0.1, 0.15) is 19.4 Å². The average Bonchev–Trinajstić information content (AvgIpc) is 2.27. The highest BCUT2D eigenvalue weighted by molar-refractivity contribution is 5.92. The second kappa shape index (κ2) is 4.39. The summed E-state index contributed by atoms with van der Waals surface area (Å²) in [7, 11) is 0. The summed E-state index contributed by atoms with van der Waals surface area (Å²) in [4.78, 5) is 11.5. The summed E-state index contributed by atoms with van der Waals surface area (Å²) in [6.07, 6.45) is 1.40. The van der Waals surface area contributed by atoms with Gasteiger partial charge < -0.3 is 9.47 Å². The summed E-state index contributed by atoms with van der Waals surface area (Å²) in [6, 6.07) is 9.56. The topological polar surface area (TPSA) is 35.5 Å². The fraction of sp³-hybridized carbons (Fsp3) is 0.308.